The van der Waals surface area contributed by atoms with E-state index in [0.717, 1.165) is 19.4 Å². The van der Waals surface area contributed by atoms with Gasteiger partial charge in [-0.25, -0.2) is 0 Å². The van der Waals surface area contributed by atoms with Crippen LogP contribution in [-0.4, -0.2) is 28.7 Å². The van der Waals surface area contributed by atoms with Crippen molar-refractivity contribution in [3.8, 4) is 0 Å². The molecule has 0 aromatic carbocycles. The Kier molecular flexibility index (Phi) is 7.23. The molecule has 0 heterocycles. The van der Waals surface area contributed by atoms with Crippen molar-refractivity contribution in [2.45, 2.75) is 45.3 Å². The molecule has 0 aromatic heterocycles. The molecule has 0 fully saturated rings. The minimum absolute atomic E-state index is 0.278. The lowest BCUT2D eigenvalue weighted by molar-refractivity contribution is 0.170. The van der Waals surface area contributed by atoms with Gasteiger partial charge < -0.3 is 9.29 Å². The van der Waals surface area contributed by atoms with E-state index in [0.29, 0.717) is 6.61 Å². The van der Waals surface area contributed by atoms with E-state index >= 15 is 0 Å². The van der Waals surface area contributed by atoms with Gasteiger partial charge in [0.15, 0.2) is 0 Å². The quantitative estimate of drug-likeness (QED) is 0.391. The second-order valence-electron chi connectivity index (χ2n) is 4.08. The molecule has 1 atom stereocenters. The Bertz CT molecular complexity index is 166. The molecule has 14 heavy (non-hydrogen) atoms. The monoisotopic (exact) mass is 219 g/mol. The lowest BCUT2D eigenvalue weighted by Gasteiger charge is -2.17. The van der Waals surface area contributed by atoms with Crippen molar-refractivity contribution in [1.82, 2.24) is 0 Å². The summed E-state index contributed by atoms with van der Waals surface area (Å²) in [5.41, 5.74) is 0. The number of ether oxygens (including phenoxy) is 1. The first-order valence-electron chi connectivity index (χ1n) is 5.00. The molecule has 0 saturated heterocycles. The SMILES string of the molecule is CCCCOCC=N[S+]([O-])C(C)(C)C. The Labute approximate surface area is 90.3 Å². The predicted octanol–water partition coefficient (Wildman–Crippen LogP) is 2.34. The summed E-state index contributed by atoms with van der Waals surface area (Å²) in [6.45, 7) is 9.04. The number of nitrogens with zero attached hydrogens (tertiary/aromatic N) is 1. The maximum Gasteiger partial charge on any atom is 0.144 e. The average Bonchev–Trinajstić information content (AvgIpc) is 2.09. The summed E-state index contributed by atoms with van der Waals surface area (Å²) in [6.07, 6.45) is 3.79. The highest BCUT2D eigenvalue weighted by atomic mass is 32.2. The van der Waals surface area contributed by atoms with Crippen molar-refractivity contribution in [1.29, 1.82) is 0 Å². The van der Waals surface area contributed by atoms with Crippen molar-refractivity contribution in [3.63, 3.8) is 0 Å². The highest BCUT2D eigenvalue weighted by molar-refractivity contribution is 7.91. The zero-order valence-electron chi connectivity index (χ0n) is 9.58. The molecule has 4 heteroatoms. The van der Waals surface area contributed by atoms with Crippen LogP contribution in [0.15, 0.2) is 4.40 Å². The molecule has 0 spiro atoms. The summed E-state index contributed by atoms with van der Waals surface area (Å²) >= 11 is -1.16. The fraction of sp³-hybridized carbons (Fsp3) is 0.900. The molecule has 0 aliphatic carbocycles. The van der Waals surface area contributed by atoms with E-state index in [9.17, 15) is 4.55 Å². The lowest BCUT2D eigenvalue weighted by atomic mass is 10.3. The number of hydrogen-bond acceptors (Lipinski definition) is 3. The molecule has 0 rings (SSSR count). The Morgan fingerprint density at radius 3 is 2.57 bits per heavy atom. The first-order chi connectivity index (χ1) is 6.48. The summed E-state index contributed by atoms with van der Waals surface area (Å²) in [6, 6.07) is 0. The van der Waals surface area contributed by atoms with E-state index in [1.54, 1.807) is 6.21 Å². The van der Waals surface area contributed by atoms with Crippen molar-refractivity contribution >= 4 is 17.6 Å². The van der Waals surface area contributed by atoms with Gasteiger partial charge in [0.1, 0.15) is 16.1 Å². The van der Waals surface area contributed by atoms with Gasteiger partial charge in [0, 0.05) is 6.61 Å². The molecule has 0 aromatic rings. The molecule has 0 radical (unpaired) electrons. The van der Waals surface area contributed by atoms with Crippen LogP contribution < -0.4 is 0 Å². The summed E-state index contributed by atoms with van der Waals surface area (Å²) < 4.78 is 20.3. The number of hydrogen-bond donors (Lipinski definition) is 0. The number of unbranched alkanes of at least 4 members (excludes halogenated alkanes) is 1. The van der Waals surface area contributed by atoms with E-state index in [1.165, 1.54) is 0 Å². The van der Waals surface area contributed by atoms with Crippen LogP contribution in [0.1, 0.15) is 40.5 Å². The fourth-order valence-electron chi connectivity index (χ4n) is 0.639. The Balaban J connectivity index is 3.53. The molecule has 0 N–H and O–H groups in total. The van der Waals surface area contributed by atoms with Crippen molar-refractivity contribution < 1.29 is 9.29 Å². The van der Waals surface area contributed by atoms with Gasteiger partial charge in [-0.15, -0.1) is 0 Å². The maximum atomic E-state index is 11.4. The maximum absolute atomic E-state index is 11.4. The van der Waals surface area contributed by atoms with Crippen molar-refractivity contribution in [3.05, 3.63) is 0 Å². The van der Waals surface area contributed by atoms with Crippen LogP contribution in [0.5, 0.6) is 0 Å². The third-order valence-corrected chi connectivity index (χ3v) is 2.92. The van der Waals surface area contributed by atoms with E-state index in [-0.39, 0.29) is 4.75 Å². The summed E-state index contributed by atoms with van der Waals surface area (Å²) in [4.78, 5) is 0. The van der Waals surface area contributed by atoms with E-state index in [4.69, 9.17) is 4.74 Å². The summed E-state index contributed by atoms with van der Waals surface area (Å²) in [7, 11) is 0. The van der Waals surface area contributed by atoms with Crippen LogP contribution in [0.2, 0.25) is 0 Å². The van der Waals surface area contributed by atoms with Crippen LogP contribution >= 0.6 is 0 Å². The second-order valence-corrected chi connectivity index (χ2v) is 6.01. The smallest absolute Gasteiger partial charge is 0.144 e. The molecule has 0 bridgehead atoms. The van der Waals surface area contributed by atoms with Gasteiger partial charge in [-0.3, -0.25) is 0 Å². The zero-order chi connectivity index (χ0) is 11.0. The van der Waals surface area contributed by atoms with Crippen molar-refractivity contribution in [2.24, 2.45) is 4.40 Å². The van der Waals surface area contributed by atoms with Gasteiger partial charge in [-0.2, -0.15) is 0 Å². The van der Waals surface area contributed by atoms with E-state index < -0.39 is 11.4 Å². The number of rotatable bonds is 6. The standard InChI is InChI=1S/C10H21NO2S/c1-5-6-8-13-9-7-11-14(12)10(2,3)4/h7H,5-6,8-9H2,1-4H3. The molecule has 0 amide bonds. The van der Waals surface area contributed by atoms with Crippen LogP contribution in [0.25, 0.3) is 0 Å². The van der Waals surface area contributed by atoms with E-state index in [2.05, 4.69) is 11.3 Å². The minimum Gasteiger partial charge on any atom is -0.591 e. The highest BCUT2D eigenvalue weighted by Gasteiger charge is 2.25. The molecule has 0 aliphatic rings. The fourth-order valence-corrected chi connectivity index (χ4v) is 1.15. The van der Waals surface area contributed by atoms with Crippen LogP contribution in [-0.2, 0) is 16.1 Å². The third kappa shape index (κ3) is 7.35. The molecule has 84 valence electrons. The zero-order valence-corrected chi connectivity index (χ0v) is 10.4. The molecule has 1 unspecified atom stereocenters. The second kappa shape index (κ2) is 7.26. The lowest BCUT2D eigenvalue weighted by Crippen LogP contribution is -2.26. The van der Waals surface area contributed by atoms with Gasteiger partial charge in [-0.05, 0) is 27.2 Å². The first kappa shape index (κ1) is 13.9. The Hall–Kier alpha value is -0.0600. The van der Waals surface area contributed by atoms with Crippen LogP contribution in [0.4, 0.5) is 0 Å². The summed E-state index contributed by atoms with van der Waals surface area (Å²) in [5.74, 6) is 0. The van der Waals surface area contributed by atoms with Crippen LogP contribution in [0.3, 0.4) is 0 Å². The highest BCUT2D eigenvalue weighted by Crippen LogP contribution is 2.16. The molecular formula is C10H21NO2S. The largest absolute Gasteiger partial charge is 0.591 e. The van der Waals surface area contributed by atoms with Crippen molar-refractivity contribution in [2.75, 3.05) is 13.2 Å². The van der Waals surface area contributed by atoms with Gasteiger partial charge in [0.25, 0.3) is 0 Å². The van der Waals surface area contributed by atoms with Gasteiger partial charge in [0.05, 0.1) is 12.8 Å². The van der Waals surface area contributed by atoms with Gasteiger partial charge >= 0.3 is 0 Å². The van der Waals surface area contributed by atoms with Gasteiger partial charge in [-0.1, -0.05) is 17.7 Å². The average molecular weight is 219 g/mol. The molecular weight excluding hydrogens is 198 g/mol. The first-order valence-corrected chi connectivity index (χ1v) is 6.11. The molecule has 0 aliphatic heterocycles. The van der Waals surface area contributed by atoms with E-state index in [1.807, 2.05) is 20.8 Å². The van der Waals surface area contributed by atoms with Crippen LogP contribution in [0, 0.1) is 0 Å². The Morgan fingerprint density at radius 2 is 2.07 bits per heavy atom. The minimum atomic E-state index is -1.16. The summed E-state index contributed by atoms with van der Waals surface area (Å²) in [5, 5.41) is 0. The topological polar surface area (TPSA) is 44.6 Å². The predicted molar refractivity (Wildman–Crippen MR) is 62.1 cm³/mol. The normalized spacial score (nSPS) is 14.9. The Morgan fingerprint density at radius 1 is 1.43 bits per heavy atom. The third-order valence-electron chi connectivity index (χ3n) is 1.53. The molecule has 0 saturated carbocycles. The molecule has 3 nitrogen and oxygen atoms in total. The van der Waals surface area contributed by atoms with Gasteiger partial charge in [0.2, 0.25) is 0 Å².